The standard InChI is InChI=1S/C16H16F2N4OS/c1-2-7-22-15(10-3-4-10)20-21-16(22)24-9-14(23)19-11-5-6-12(17)13(18)8-11/h2,5-6,8,10H,1,3-4,7,9H2,(H,19,23). The number of carbonyl (C=O) groups excluding carboxylic acids is 1. The zero-order valence-electron chi connectivity index (χ0n) is 12.8. The van der Waals surface area contributed by atoms with Gasteiger partial charge < -0.3 is 9.88 Å². The van der Waals surface area contributed by atoms with Crippen molar-refractivity contribution in [1.82, 2.24) is 14.8 Å². The van der Waals surface area contributed by atoms with Crippen LogP contribution in [0.2, 0.25) is 0 Å². The number of carbonyl (C=O) groups is 1. The highest BCUT2D eigenvalue weighted by atomic mass is 32.2. The van der Waals surface area contributed by atoms with Gasteiger partial charge in [-0.15, -0.1) is 16.8 Å². The molecule has 1 aliphatic rings. The van der Waals surface area contributed by atoms with E-state index >= 15 is 0 Å². The quantitative estimate of drug-likeness (QED) is 0.614. The predicted octanol–water partition coefficient (Wildman–Crippen LogP) is 3.35. The van der Waals surface area contributed by atoms with Gasteiger partial charge in [0, 0.05) is 24.2 Å². The van der Waals surface area contributed by atoms with E-state index in [4.69, 9.17) is 0 Å². The molecule has 24 heavy (non-hydrogen) atoms. The van der Waals surface area contributed by atoms with E-state index in [0.29, 0.717) is 17.6 Å². The van der Waals surface area contributed by atoms with Crippen molar-refractivity contribution in [2.24, 2.45) is 0 Å². The molecule has 0 spiro atoms. The van der Waals surface area contributed by atoms with E-state index in [0.717, 1.165) is 30.8 Å². The molecule has 0 aliphatic heterocycles. The minimum absolute atomic E-state index is 0.0962. The number of hydrogen-bond acceptors (Lipinski definition) is 4. The van der Waals surface area contributed by atoms with Crippen LogP contribution in [-0.2, 0) is 11.3 Å². The van der Waals surface area contributed by atoms with Gasteiger partial charge >= 0.3 is 0 Å². The van der Waals surface area contributed by atoms with Crippen molar-refractivity contribution in [3.8, 4) is 0 Å². The predicted molar refractivity (Wildman–Crippen MR) is 87.9 cm³/mol. The lowest BCUT2D eigenvalue weighted by molar-refractivity contribution is -0.113. The molecule has 0 saturated heterocycles. The van der Waals surface area contributed by atoms with Crippen molar-refractivity contribution in [3.05, 3.63) is 48.3 Å². The Balaban J connectivity index is 1.61. The second-order valence-corrected chi connectivity index (χ2v) is 6.42. The van der Waals surface area contributed by atoms with E-state index in [2.05, 4.69) is 22.1 Å². The maximum atomic E-state index is 13.1. The fraction of sp³-hybridized carbons (Fsp3) is 0.312. The smallest absolute Gasteiger partial charge is 0.234 e. The van der Waals surface area contributed by atoms with Crippen molar-refractivity contribution in [1.29, 1.82) is 0 Å². The number of nitrogens with one attached hydrogen (secondary N) is 1. The largest absolute Gasteiger partial charge is 0.325 e. The van der Waals surface area contributed by atoms with Crippen LogP contribution < -0.4 is 5.32 Å². The maximum Gasteiger partial charge on any atom is 0.234 e. The van der Waals surface area contributed by atoms with Crippen LogP contribution in [0.15, 0.2) is 36.0 Å². The van der Waals surface area contributed by atoms with Crippen molar-refractivity contribution in [2.75, 3.05) is 11.1 Å². The van der Waals surface area contributed by atoms with Gasteiger partial charge in [0.15, 0.2) is 16.8 Å². The molecular weight excluding hydrogens is 334 g/mol. The van der Waals surface area contributed by atoms with Crippen LogP contribution >= 0.6 is 11.8 Å². The highest BCUT2D eigenvalue weighted by molar-refractivity contribution is 7.99. The van der Waals surface area contributed by atoms with Gasteiger partial charge in [-0.2, -0.15) is 0 Å². The van der Waals surface area contributed by atoms with Crippen molar-refractivity contribution in [2.45, 2.75) is 30.5 Å². The molecule has 0 bridgehead atoms. The molecule has 1 saturated carbocycles. The molecule has 1 aromatic carbocycles. The number of benzene rings is 1. The van der Waals surface area contributed by atoms with Crippen LogP contribution in [0.4, 0.5) is 14.5 Å². The molecule has 1 aromatic heterocycles. The van der Waals surface area contributed by atoms with Gasteiger partial charge in [0.05, 0.1) is 5.75 Å². The van der Waals surface area contributed by atoms with Crippen molar-refractivity contribution < 1.29 is 13.6 Å². The molecule has 0 radical (unpaired) electrons. The summed E-state index contributed by atoms with van der Waals surface area (Å²) in [6, 6.07) is 3.23. The summed E-state index contributed by atoms with van der Waals surface area (Å²) in [5.74, 6) is -0.806. The van der Waals surface area contributed by atoms with Crippen LogP contribution in [0.1, 0.15) is 24.6 Å². The Morgan fingerprint density at radius 2 is 2.17 bits per heavy atom. The minimum atomic E-state index is -1.000. The maximum absolute atomic E-state index is 13.1. The van der Waals surface area contributed by atoms with Gasteiger partial charge in [-0.05, 0) is 25.0 Å². The SMILES string of the molecule is C=CCn1c(SCC(=O)Nc2ccc(F)c(F)c2)nnc1C1CC1. The second kappa shape index (κ2) is 7.12. The van der Waals surface area contributed by atoms with Crippen LogP contribution in [0.5, 0.6) is 0 Å². The lowest BCUT2D eigenvalue weighted by Gasteiger charge is -2.08. The Morgan fingerprint density at radius 1 is 1.38 bits per heavy atom. The Kier molecular flexibility index (Phi) is 4.94. The molecule has 0 atom stereocenters. The first kappa shape index (κ1) is 16.6. The van der Waals surface area contributed by atoms with E-state index < -0.39 is 11.6 Å². The summed E-state index contributed by atoms with van der Waals surface area (Å²) in [7, 11) is 0. The second-order valence-electron chi connectivity index (χ2n) is 5.48. The lowest BCUT2D eigenvalue weighted by atomic mass is 10.3. The van der Waals surface area contributed by atoms with E-state index in [-0.39, 0.29) is 17.3 Å². The average Bonchev–Trinajstić information content (AvgIpc) is 3.32. The third-order valence-corrected chi connectivity index (χ3v) is 4.50. The Hall–Kier alpha value is -2.22. The normalized spacial score (nSPS) is 13.8. The molecule has 1 fully saturated rings. The number of thioether (sulfide) groups is 1. The van der Waals surface area contributed by atoms with Gasteiger partial charge in [-0.1, -0.05) is 17.8 Å². The lowest BCUT2D eigenvalue weighted by Crippen LogP contribution is -2.15. The summed E-state index contributed by atoms with van der Waals surface area (Å²) in [5, 5.41) is 11.5. The molecule has 8 heteroatoms. The highest BCUT2D eigenvalue weighted by Crippen LogP contribution is 2.40. The van der Waals surface area contributed by atoms with E-state index in [9.17, 15) is 13.6 Å². The Bertz CT molecular complexity index is 773. The molecule has 126 valence electrons. The summed E-state index contributed by atoms with van der Waals surface area (Å²) in [4.78, 5) is 12.0. The third-order valence-electron chi connectivity index (χ3n) is 3.54. The van der Waals surface area contributed by atoms with Gasteiger partial charge in [-0.3, -0.25) is 4.79 Å². The minimum Gasteiger partial charge on any atom is -0.325 e. The molecule has 3 rings (SSSR count). The highest BCUT2D eigenvalue weighted by Gasteiger charge is 2.30. The number of hydrogen-bond donors (Lipinski definition) is 1. The molecular formula is C16H16F2N4OS. The topological polar surface area (TPSA) is 59.8 Å². The van der Waals surface area contributed by atoms with Gasteiger partial charge in [0.2, 0.25) is 5.91 Å². The average molecular weight is 350 g/mol. The molecule has 2 aromatic rings. The van der Waals surface area contributed by atoms with Crippen LogP contribution in [0.3, 0.4) is 0 Å². The molecule has 0 unspecified atom stereocenters. The molecule has 1 heterocycles. The summed E-state index contributed by atoms with van der Waals surface area (Å²) in [6.45, 7) is 4.32. The van der Waals surface area contributed by atoms with Crippen LogP contribution in [0, 0.1) is 11.6 Å². The number of halogens is 2. The van der Waals surface area contributed by atoms with E-state index in [1.807, 2.05) is 4.57 Å². The monoisotopic (exact) mass is 350 g/mol. The molecule has 5 nitrogen and oxygen atoms in total. The fourth-order valence-corrected chi connectivity index (χ4v) is 3.01. The van der Waals surface area contributed by atoms with Crippen molar-refractivity contribution >= 4 is 23.4 Å². The summed E-state index contributed by atoms with van der Waals surface area (Å²) >= 11 is 1.25. The summed E-state index contributed by atoms with van der Waals surface area (Å²) < 4.78 is 28.0. The number of allylic oxidation sites excluding steroid dienone is 1. The zero-order chi connectivity index (χ0) is 17.1. The number of rotatable bonds is 7. The van der Waals surface area contributed by atoms with E-state index in [1.165, 1.54) is 17.8 Å². The number of anilines is 1. The first-order chi connectivity index (χ1) is 11.6. The van der Waals surface area contributed by atoms with Gasteiger partial charge in [0.1, 0.15) is 5.82 Å². The molecule has 1 aliphatic carbocycles. The summed E-state index contributed by atoms with van der Waals surface area (Å²) in [6.07, 6.45) is 3.98. The molecule has 1 N–H and O–H groups in total. The van der Waals surface area contributed by atoms with Gasteiger partial charge in [0.25, 0.3) is 0 Å². The van der Waals surface area contributed by atoms with Crippen LogP contribution in [0.25, 0.3) is 0 Å². The third kappa shape index (κ3) is 3.81. The first-order valence-electron chi connectivity index (χ1n) is 7.50. The number of amides is 1. The first-order valence-corrected chi connectivity index (χ1v) is 8.48. The van der Waals surface area contributed by atoms with E-state index in [1.54, 1.807) is 6.08 Å². The Morgan fingerprint density at radius 3 is 2.83 bits per heavy atom. The zero-order valence-corrected chi connectivity index (χ0v) is 13.7. The number of aromatic nitrogens is 3. The molecule has 1 amide bonds. The summed E-state index contributed by atoms with van der Waals surface area (Å²) in [5.41, 5.74) is 0.214. The fourth-order valence-electron chi connectivity index (χ4n) is 2.25. The van der Waals surface area contributed by atoms with Crippen LogP contribution in [-0.4, -0.2) is 26.4 Å². The Labute approximate surface area is 142 Å². The number of nitrogens with zero attached hydrogens (tertiary/aromatic N) is 3. The van der Waals surface area contributed by atoms with Gasteiger partial charge in [-0.25, -0.2) is 8.78 Å². The van der Waals surface area contributed by atoms with Crippen molar-refractivity contribution in [3.63, 3.8) is 0 Å².